The van der Waals surface area contributed by atoms with Gasteiger partial charge in [0.15, 0.2) is 0 Å². The summed E-state index contributed by atoms with van der Waals surface area (Å²) in [6, 6.07) is 0. The summed E-state index contributed by atoms with van der Waals surface area (Å²) in [5.41, 5.74) is -1.41. The molecule has 112 valence electrons. The maximum absolute atomic E-state index is 12.3. The lowest BCUT2D eigenvalue weighted by Crippen LogP contribution is -2.57. The second-order valence-electron chi connectivity index (χ2n) is 5.95. The number of carboxylic acid groups (broad SMARTS) is 1. The lowest BCUT2D eigenvalue weighted by Gasteiger charge is -2.39. The fraction of sp³-hybridized carbons (Fsp3) is 0.923. The molecule has 1 rings (SSSR count). The molecule has 0 heterocycles. The zero-order valence-corrected chi connectivity index (χ0v) is 11.4. The van der Waals surface area contributed by atoms with Gasteiger partial charge < -0.3 is 5.11 Å². The number of halogens is 3. The van der Waals surface area contributed by atoms with Crippen molar-refractivity contribution in [2.24, 2.45) is 11.8 Å². The van der Waals surface area contributed by atoms with E-state index in [2.05, 4.69) is 5.32 Å². The van der Waals surface area contributed by atoms with Gasteiger partial charge in [0, 0.05) is 0 Å². The Kier molecular flexibility index (Phi) is 5.24. The Balaban J connectivity index is 2.72. The molecule has 19 heavy (non-hydrogen) atoms. The molecule has 3 nitrogen and oxygen atoms in total. The third-order valence-electron chi connectivity index (χ3n) is 3.69. The van der Waals surface area contributed by atoms with Gasteiger partial charge in [0.25, 0.3) is 0 Å². The molecule has 2 N–H and O–H groups in total. The summed E-state index contributed by atoms with van der Waals surface area (Å²) in [5, 5.41) is 11.6. The molecule has 0 aromatic heterocycles. The second kappa shape index (κ2) is 6.11. The first-order valence-corrected chi connectivity index (χ1v) is 6.70. The molecule has 2 unspecified atom stereocenters. The maximum atomic E-state index is 12.3. The van der Waals surface area contributed by atoms with Crippen LogP contribution in [0.15, 0.2) is 0 Å². The summed E-state index contributed by atoms with van der Waals surface area (Å²) < 4.78 is 36.9. The molecule has 0 saturated heterocycles. The number of alkyl halides is 3. The number of carbonyl (C=O) groups is 1. The largest absolute Gasteiger partial charge is 0.480 e. The minimum atomic E-state index is -4.38. The Morgan fingerprint density at radius 3 is 2.58 bits per heavy atom. The molecule has 0 bridgehead atoms. The summed E-state index contributed by atoms with van der Waals surface area (Å²) in [7, 11) is 0. The van der Waals surface area contributed by atoms with E-state index < -0.39 is 24.2 Å². The van der Waals surface area contributed by atoms with Gasteiger partial charge in [0.1, 0.15) is 5.54 Å². The molecule has 0 radical (unpaired) electrons. The van der Waals surface area contributed by atoms with Crippen LogP contribution in [0.4, 0.5) is 13.2 Å². The standard InChI is InChI=1S/C13H22F3NO2/c1-9(2)6-10-4-3-5-12(7-10,11(18)19)17-8-13(14,15)16/h9-10,17H,3-8H2,1-2H3,(H,18,19). The van der Waals surface area contributed by atoms with E-state index in [0.29, 0.717) is 12.3 Å². The zero-order valence-electron chi connectivity index (χ0n) is 11.4. The highest BCUT2D eigenvalue weighted by Gasteiger charge is 2.44. The van der Waals surface area contributed by atoms with Gasteiger partial charge in [-0.25, -0.2) is 0 Å². The van der Waals surface area contributed by atoms with Gasteiger partial charge in [0.2, 0.25) is 0 Å². The van der Waals surface area contributed by atoms with Crippen LogP contribution >= 0.6 is 0 Å². The van der Waals surface area contributed by atoms with Gasteiger partial charge in [0.05, 0.1) is 6.54 Å². The van der Waals surface area contributed by atoms with Crippen molar-refractivity contribution in [1.29, 1.82) is 0 Å². The number of hydrogen-bond donors (Lipinski definition) is 2. The molecular weight excluding hydrogens is 259 g/mol. The molecule has 0 spiro atoms. The molecule has 6 heteroatoms. The van der Waals surface area contributed by atoms with E-state index in [1.807, 2.05) is 13.8 Å². The van der Waals surface area contributed by atoms with Crippen molar-refractivity contribution < 1.29 is 23.1 Å². The second-order valence-corrected chi connectivity index (χ2v) is 5.95. The van der Waals surface area contributed by atoms with Crippen LogP contribution in [0.1, 0.15) is 46.0 Å². The van der Waals surface area contributed by atoms with Crippen LogP contribution in [0, 0.1) is 11.8 Å². The molecule has 0 aliphatic heterocycles. The summed E-state index contributed by atoms with van der Waals surface area (Å²) in [4.78, 5) is 11.4. The van der Waals surface area contributed by atoms with Crippen LogP contribution < -0.4 is 5.32 Å². The summed E-state index contributed by atoms with van der Waals surface area (Å²) in [6.07, 6.45) is -1.39. The lowest BCUT2D eigenvalue weighted by molar-refractivity contribution is -0.153. The number of carboxylic acids is 1. The average molecular weight is 281 g/mol. The zero-order chi connectivity index (χ0) is 14.7. The molecule has 1 fully saturated rings. The lowest BCUT2D eigenvalue weighted by atomic mass is 9.73. The third-order valence-corrected chi connectivity index (χ3v) is 3.69. The Labute approximate surface area is 111 Å². The van der Waals surface area contributed by atoms with Crippen molar-refractivity contribution in [3.05, 3.63) is 0 Å². The van der Waals surface area contributed by atoms with E-state index in [0.717, 1.165) is 12.8 Å². The van der Waals surface area contributed by atoms with Gasteiger partial charge in [-0.15, -0.1) is 0 Å². The van der Waals surface area contributed by atoms with E-state index in [-0.39, 0.29) is 18.8 Å². The van der Waals surface area contributed by atoms with E-state index in [1.165, 1.54) is 0 Å². The quantitative estimate of drug-likeness (QED) is 0.813. The normalized spacial score (nSPS) is 28.6. The van der Waals surface area contributed by atoms with Gasteiger partial charge in [-0.3, -0.25) is 10.1 Å². The van der Waals surface area contributed by atoms with Crippen molar-refractivity contribution in [2.75, 3.05) is 6.54 Å². The Bertz CT molecular complexity index is 318. The first-order chi connectivity index (χ1) is 8.65. The van der Waals surface area contributed by atoms with Crippen LogP contribution in [0.25, 0.3) is 0 Å². The van der Waals surface area contributed by atoms with Crippen molar-refractivity contribution in [3.8, 4) is 0 Å². The third kappa shape index (κ3) is 5.01. The minimum absolute atomic E-state index is 0.186. The van der Waals surface area contributed by atoms with Crippen LogP contribution in [0.3, 0.4) is 0 Å². The summed E-state index contributed by atoms with van der Waals surface area (Å²) >= 11 is 0. The van der Waals surface area contributed by atoms with E-state index >= 15 is 0 Å². The van der Waals surface area contributed by atoms with Crippen LogP contribution in [-0.2, 0) is 4.79 Å². The Hall–Kier alpha value is -0.780. The smallest absolute Gasteiger partial charge is 0.401 e. The highest BCUT2D eigenvalue weighted by molar-refractivity contribution is 5.79. The molecule has 1 aliphatic carbocycles. The maximum Gasteiger partial charge on any atom is 0.401 e. The van der Waals surface area contributed by atoms with E-state index in [9.17, 15) is 23.1 Å². The summed E-state index contributed by atoms with van der Waals surface area (Å²) in [6.45, 7) is 2.84. The average Bonchev–Trinajstić information content (AvgIpc) is 2.24. The van der Waals surface area contributed by atoms with Gasteiger partial charge in [-0.05, 0) is 31.1 Å². The first kappa shape index (κ1) is 16.3. The van der Waals surface area contributed by atoms with Crippen LogP contribution in [0.5, 0.6) is 0 Å². The fourth-order valence-corrected chi connectivity index (χ4v) is 2.96. The predicted molar refractivity (Wildman–Crippen MR) is 65.8 cm³/mol. The van der Waals surface area contributed by atoms with Crippen molar-refractivity contribution >= 4 is 5.97 Å². The Morgan fingerprint density at radius 2 is 2.11 bits per heavy atom. The molecule has 0 aromatic rings. The molecule has 0 aromatic carbocycles. The van der Waals surface area contributed by atoms with Crippen LogP contribution in [0.2, 0.25) is 0 Å². The van der Waals surface area contributed by atoms with Crippen molar-refractivity contribution in [1.82, 2.24) is 5.32 Å². The van der Waals surface area contributed by atoms with Gasteiger partial charge >= 0.3 is 12.1 Å². The fourth-order valence-electron chi connectivity index (χ4n) is 2.96. The van der Waals surface area contributed by atoms with E-state index in [1.54, 1.807) is 0 Å². The molecule has 2 atom stereocenters. The molecule has 0 amide bonds. The number of hydrogen-bond acceptors (Lipinski definition) is 2. The van der Waals surface area contributed by atoms with Crippen molar-refractivity contribution in [3.63, 3.8) is 0 Å². The Morgan fingerprint density at radius 1 is 1.47 bits per heavy atom. The molecule has 1 saturated carbocycles. The first-order valence-electron chi connectivity index (χ1n) is 6.70. The minimum Gasteiger partial charge on any atom is -0.480 e. The number of rotatable bonds is 5. The highest BCUT2D eigenvalue weighted by Crippen LogP contribution is 2.36. The van der Waals surface area contributed by atoms with E-state index in [4.69, 9.17) is 0 Å². The van der Waals surface area contributed by atoms with Crippen molar-refractivity contribution in [2.45, 2.75) is 57.7 Å². The SMILES string of the molecule is CC(C)CC1CCCC(NCC(F)(F)F)(C(=O)O)C1. The van der Waals surface area contributed by atoms with Gasteiger partial charge in [-0.1, -0.05) is 26.7 Å². The highest BCUT2D eigenvalue weighted by atomic mass is 19.4. The predicted octanol–water partition coefficient (Wildman–Crippen LogP) is 3.20. The topological polar surface area (TPSA) is 49.3 Å². The molecule has 1 aliphatic rings. The summed E-state index contributed by atoms with van der Waals surface area (Å²) in [5.74, 6) is -0.548. The van der Waals surface area contributed by atoms with Crippen LogP contribution in [-0.4, -0.2) is 29.3 Å². The monoisotopic (exact) mass is 281 g/mol. The number of nitrogens with one attached hydrogen (secondary N) is 1. The van der Waals surface area contributed by atoms with Gasteiger partial charge in [-0.2, -0.15) is 13.2 Å². The number of aliphatic carboxylic acids is 1. The molecular formula is C13H22F3NO2.